The van der Waals surface area contributed by atoms with Gasteiger partial charge in [-0.3, -0.25) is 4.79 Å². The molecule has 4 heteroatoms. The van der Waals surface area contributed by atoms with Crippen molar-refractivity contribution in [2.45, 2.75) is 0 Å². The van der Waals surface area contributed by atoms with Crippen molar-refractivity contribution >= 4 is 6.47 Å². The van der Waals surface area contributed by atoms with E-state index >= 15 is 0 Å². The normalized spacial score (nSPS) is 3.20. The number of carboxylic acid groups (broad SMARTS) is 1. The van der Waals surface area contributed by atoms with Crippen LogP contribution in [0.25, 0.3) is 0 Å². The second-order valence-corrected chi connectivity index (χ2v) is 0.105. The first-order valence-electron chi connectivity index (χ1n) is 0.661. The van der Waals surface area contributed by atoms with Crippen LogP contribution >= 0.6 is 0 Å². The SMILES string of the molecule is O=CO.[O]=[Mo]. The summed E-state index contributed by atoms with van der Waals surface area (Å²) in [5, 5.41) is 6.89. The second-order valence-electron chi connectivity index (χ2n) is 0.105. The molecule has 0 rings (SSSR count). The molecule has 3 nitrogen and oxygen atoms in total. The molecule has 0 saturated carbocycles. The van der Waals surface area contributed by atoms with Crippen LogP contribution in [0.1, 0.15) is 0 Å². The molecule has 0 radical (unpaired) electrons. The molecule has 30 valence electrons. The summed E-state index contributed by atoms with van der Waals surface area (Å²) < 4.78 is 8.26. The first kappa shape index (κ1) is 8.88. The van der Waals surface area contributed by atoms with Gasteiger partial charge in [0.05, 0.1) is 0 Å². The summed E-state index contributed by atoms with van der Waals surface area (Å²) >= 11 is 0.700. The van der Waals surface area contributed by atoms with Crippen LogP contribution in [0.5, 0.6) is 0 Å². The van der Waals surface area contributed by atoms with Crippen LogP contribution in [0.3, 0.4) is 0 Å². The summed E-state index contributed by atoms with van der Waals surface area (Å²) in [7, 11) is 0. The molecule has 0 aromatic heterocycles. The van der Waals surface area contributed by atoms with Gasteiger partial charge in [0.25, 0.3) is 6.47 Å². The van der Waals surface area contributed by atoms with Gasteiger partial charge in [0.15, 0.2) is 0 Å². The maximum absolute atomic E-state index is 8.36. The molecule has 0 unspecified atom stereocenters. The van der Waals surface area contributed by atoms with E-state index < -0.39 is 0 Å². The van der Waals surface area contributed by atoms with Crippen LogP contribution in [-0.4, -0.2) is 11.6 Å². The quantitative estimate of drug-likeness (QED) is 0.384. The summed E-state index contributed by atoms with van der Waals surface area (Å²) in [6.45, 7) is -0.250. The molecule has 0 aromatic rings. The fraction of sp³-hybridized carbons (Fsp3) is 0. The molecule has 0 aliphatic carbocycles. The molecule has 5 heavy (non-hydrogen) atoms. The van der Waals surface area contributed by atoms with Gasteiger partial charge in [0, 0.05) is 0 Å². The molecule has 0 spiro atoms. The molecular weight excluding hydrogens is 156 g/mol. The van der Waals surface area contributed by atoms with Crippen LogP contribution in [0.2, 0.25) is 0 Å². The van der Waals surface area contributed by atoms with Gasteiger partial charge in [0.2, 0.25) is 0 Å². The van der Waals surface area contributed by atoms with Crippen LogP contribution < -0.4 is 0 Å². The van der Waals surface area contributed by atoms with Crippen molar-refractivity contribution in [3.8, 4) is 0 Å². The van der Waals surface area contributed by atoms with Crippen LogP contribution in [0, 0.1) is 0 Å². The maximum atomic E-state index is 8.36. The van der Waals surface area contributed by atoms with E-state index in [1.165, 1.54) is 0 Å². The summed E-state index contributed by atoms with van der Waals surface area (Å²) in [4.78, 5) is 8.36. The minimum absolute atomic E-state index is 0.250. The first-order valence-corrected chi connectivity index (χ1v) is 1.48. The third kappa shape index (κ3) is 8730. The third-order valence-corrected chi connectivity index (χ3v) is 0. The Morgan fingerprint density at radius 1 is 1.60 bits per heavy atom. The van der Waals surface area contributed by atoms with Crippen LogP contribution in [0.15, 0.2) is 0 Å². The van der Waals surface area contributed by atoms with Crippen molar-refractivity contribution in [3.63, 3.8) is 0 Å². The molecule has 0 fully saturated rings. The van der Waals surface area contributed by atoms with Gasteiger partial charge in [0.1, 0.15) is 0 Å². The number of rotatable bonds is 0. The molecule has 0 aliphatic rings. The van der Waals surface area contributed by atoms with Crippen molar-refractivity contribution in [3.05, 3.63) is 0 Å². The van der Waals surface area contributed by atoms with E-state index in [4.69, 9.17) is 13.3 Å². The van der Waals surface area contributed by atoms with Gasteiger partial charge < -0.3 is 5.11 Å². The van der Waals surface area contributed by atoms with Gasteiger partial charge in [-0.05, 0) is 0 Å². The zero-order valence-corrected chi connectivity index (χ0v) is 4.26. The Bertz CT molecular complexity index is 20.9. The van der Waals surface area contributed by atoms with Crippen molar-refractivity contribution in [2.24, 2.45) is 0 Å². The van der Waals surface area contributed by atoms with E-state index in [1.807, 2.05) is 0 Å². The molecular formula is CH2MoO3. The van der Waals surface area contributed by atoms with E-state index in [0.29, 0.717) is 19.8 Å². The average molecular weight is 158 g/mol. The van der Waals surface area contributed by atoms with Crippen molar-refractivity contribution in [1.29, 1.82) is 0 Å². The van der Waals surface area contributed by atoms with E-state index in [2.05, 4.69) is 0 Å². The molecule has 0 aliphatic heterocycles. The van der Waals surface area contributed by atoms with Crippen LogP contribution in [-0.2, 0) is 28.0 Å². The molecule has 0 saturated heterocycles. The first-order chi connectivity index (χ1) is 2.41. The molecule has 0 heterocycles. The zero-order chi connectivity index (χ0) is 4.71. The molecule has 1 N–H and O–H groups in total. The predicted octanol–water partition coefficient (Wildman–Crippen LogP) is -0.420. The average Bonchev–Trinajstić information content (AvgIpc) is 1.46. The number of carbonyl (C=O) groups is 1. The van der Waals surface area contributed by atoms with Gasteiger partial charge >= 0.3 is 23.2 Å². The Morgan fingerprint density at radius 2 is 1.60 bits per heavy atom. The monoisotopic (exact) mass is 160 g/mol. The third-order valence-electron chi connectivity index (χ3n) is 0. The van der Waals surface area contributed by atoms with Crippen molar-refractivity contribution in [1.82, 2.24) is 0 Å². The van der Waals surface area contributed by atoms with Gasteiger partial charge in [-0.2, -0.15) is 0 Å². The Morgan fingerprint density at radius 3 is 1.60 bits per heavy atom. The minimum atomic E-state index is -0.250. The zero-order valence-electron chi connectivity index (χ0n) is 2.25. The Labute approximate surface area is 40.2 Å². The Kier molecular flexibility index (Phi) is 67.0. The molecule has 0 atom stereocenters. The van der Waals surface area contributed by atoms with Crippen molar-refractivity contribution in [2.75, 3.05) is 0 Å². The van der Waals surface area contributed by atoms with Crippen LogP contribution in [0.4, 0.5) is 0 Å². The summed E-state index contributed by atoms with van der Waals surface area (Å²) in [6.07, 6.45) is 0. The van der Waals surface area contributed by atoms with E-state index in [-0.39, 0.29) is 6.47 Å². The van der Waals surface area contributed by atoms with Crippen molar-refractivity contribution < 1.29 is 33.1 Å². The Balaban J connectivity index is 0. The van der Waals surface area contributed by atoms with E-state index in [9.17, 15) is 0 Å². The fourth-order valence-electron chi connectivity index (χ4n) is 0. The van der Waals surface area contributed by atoms with Gasteiger partial charge in [-0.1, -0.05) is 0 Å². The number of hydrogen-bond acceptors (Lipinski definition) is 2. The van der Waals surface area contributed by atoms with Gasteiger partial charge in [-0.25, -0.2) is 0 Å². The number of hydrogen-bond donors (Lipinski definition) is 1. The Hall–Kier alpha value is -0.0417. The second kappa shape index (κ2) is 37.7. The predicted molar refractivity (Wildman–Crippen MR) is 9.38 cm³/mol. The molecule has 0 amide bonds. The van der Waals surface area contributed by atoms with Gasteiger partial charge in [-0.15, -0.1) is 0 Å². The summed E-state index contributed by atoms with van der Waals surface area (Å²) in [6, 6.07) is 0. The standard InChI is InChI=1S/CH2O2.Mo.O/c2-1-3;;/h1H,(H,2,3);;. The summed E-state index contributed by atoms with van der Waals surface area (Å²) in [5.41, 5.74) is 0. The van der Waals surface area contributed by atoms with E-state index in [0.717, 1.165) is 0 Å². The van der Waals surface area contributed by atoms with E-state index in [1.54, 1.807) is 0 Å². The fourth-order valence-corrected chi connectivity index (χ4v) is 0. The topological polar surface area (TPSA) is 54.4 Å². The molecule has 0 aromatic carbocycles. The summed E-state index contributed by atoms with van der Waals surface area (Å²) in [5.74, 6) is 0. The molecule has 0 bridgehead atoms.